The summed E-state index contributed by atoms with van der Waals surface area (Å²) in [6.07, 6.45) is 5.73. The van der Waals surface area contributed by atoms with Gasteiger partial charge in [-0.2, -0.15) is 5.10 Å². The van der Waals surface area contributed by atoms with Gasteiger partial charge in [0.15, 0.2) is 0 Å². The summed E-state index contributed by atoms with van der Waals surface area (Å²) in [5.74, 6) is -0.547. The van der Waals surface area contributed by atoms with Gasteiger partial charge in [-0.05, 0) is 31.0 Å². The number of H-pyrrole nitrogens is 1. The van der Waals surface area contributed by atoms with Crippen molar-refractivity contribution in [3.63, 3.8) is 0 Å². The van der Waals surface area contributed by atoms with Gasteiger partial charge >= 0.3 is 17.8 Å². The first-order valence-corrected chi connectivity index (χ1v) is 10.7. The van der Waals surface area contributed by atoms with E-state index in [0.29, 0.717) is 57.0 Å². The summed E-state index contributed by atoms with van der Waals surface area (Å²) < 4.78 is 32.9. The van der Waals surface area contributed by atoms with Gasteiger partial charge in [-0.1, -0.05) is 5.10 Å². The Bertz CT molecular complexity index is 1240. The average Bonchev–Trinajstić information content (AvgIpc) is 3.60. The van der Waals surface area contributed by atoms with Crippen molar-refractivity contribution in [1.29, 1.82) is 0 Å². The van der Waals surface area contributed by atoms with Crippen molar-refractivity contribution in [3.8, 4) is 0 Å². The minimum absolute atomic E-state index is 0.0228. The molecule has 2 aliphatic heterocycles. The third kappa shape index (κ3) is 4.41. The normalized spacial score (nSPS) is 16.4. The SMILES string of the molecule is Fc1cccn2nccc12.O=C(c1nnc(N2CCC(F)CC2)o1)N1CCc2nc[nH]c2C1. The Morgan fingerprint density at radius 2 is 2.03 bits per heavy atom. The van der Waals surface area contributed by atoms with Gasteiger partial charge in [-0.15, -0.1) is 5.10 Å². The van der Waals surface area contributed by atoms with Gasteiger partial charge in [0.2, 0.25) is 0 Å². The number of fused-ring (bicyclic) bond motifs is 2. The Morgan fingerprint density at radius 3 is 2.85 bits per heavy atom. The lowest BCUT2D eigenvalue weighted by Crippen LogP contribution is -2.36. The minimum Gasteiger partial charge on any atom is -0.399 e. The molecule has 4 aromatic heterocycles. The number of aromatic nitrogens is 6. The standard InChI is InChI=1S/C14H17FN6O2.C7H5FN2/c15-9-1-4-20(5-2-9)14-19-18-12(23-14)13(22)21-6-3-10-11(7-21)17-8-16-10;8-6-2-1-5-10-7(6)3-4-9-10/h8-9H,1-7H2,(H,16,17);1-5H. The number of halogens is 2. The van der Waals surface area contributed by atoms with Crippen LogP contribution in [0.3, 0.4) is 0 Å². The maximum absolute atomic E-state index is 13.2. The van der Waals surface area contributed by atoms with Crippen LogP contribution >= 0.6 is 0 Å². The first-order valence-electron chi connectivity index (χ1n) is 10.7. The van der Waals surface area contributed by atoms with E-state index in [1.807, 2.05) is 4.90 Å². The van der Waals surface area contributed by atoms with Crippen LogP contribution in [0.2, 0.25) is 0 Å². The van der Waals surface area contributed by atoms with Crippen LogP contribution in [0.1, 0.15) is 34.9 Å². The van der Waals surface area contributed by atoms with E-state index in [4.69, 9.17) is 4.42 Å². The highest BCUT2D eigenvalue weighted by Crippen LogP contribution is 2.22. The zero-order valence-electron chi connectivity index (χ0n) is 17.7. The molecule has 12 heteroatoms. The number of rotatable bonds is 2. The van der Waals surface area contributed by atoms with Crippen LogP contribution in [0.25, 0.3) is 5.52 Å². The topological polar surface area (TPSA) is 108 Å². The van der Waals surface area contributed by atoms with E-state index in [0.717, 1.165) is 11.4 Å². The highest BCUT2D eigenvalue weighted by atomic mass is 19.1. The molecule has 0 spiro atoms. The number of nitrogens with zero attached hydrogens (tertiary/aromatic N) is 7. The van der Waals surface area contributed by atoms with E-state index in [9.17, 15) is 13.6 Å². The molecule has 1 saturated heterocycles. The van der Waals surface area contributed by atoms with E-state index >= 15 is 0 Å². The molecule has 10 nitrogen and oxygen atoms in total. The van der Waals surface area contributed by atoms with E-state index in [1.54, 1.807) is 35.8 Å². The van der Waals surface area contributed by atoms with Crippen LogP contribution in [0, 0.1) is 5.82 Å². The third-order valence-electron chi connectivity index (χ3n) is 5.74. The van der Waals surface area contributed by atoms with Crippen molar-refractivity contribution in [2.75, 3.05) is 24.5 Å². The van der Waals surface area contributed by atoms with Crippen molar-refractivity contribution in [2.24, 2.45) is 0 Å². The van der Waals surface area contributed by atoms with Gasteiger partial charge < -0.3 is 19.2 Å². The maximum Gasteiger partial charge on any atom is 0.318 e. The Labute approximate surface area is 187 Å². The number of anilines is 1. The maximum atomic E-state index is 13.2. The number of piperidine rings is 1. The summed E-state index contributed by atoms with van der Waals surface area (Å²) in [5.41, 5.74) is 2.45. The van der Waals surface area contributed by atoms with Crippen molar-refractivity contribution in [3.05, 3.63) is 60.0 Å². The molecule has 0 unspecified atom stereocenters. The summed E-state index contributed by atoms with van der Waals surface area (Å²) in [6, 6.07) is 4.96. The molecule has 1 fully saturated rings. The molecule has 0 saturated carbocycles. The number of carbonyl (C=O) groups excluding carboxylic acids is 1. The number of hydrogen-bond acceptors (Lipinski definition) is 7. The Kier molecular flexibility index (Phi) is 5.71. The van der Waals surface area contributed by atoms with Crippen molar-refractivity contribution in [1.82, 2.24) is 34.7 Å². The molecule has 0 aromatic carbocycles. The fourth-order valence-electron chi connectivity index (χ4n) is 3.91. The molecule has 4 aromatic rings. The Hall–Kier alpha value is -3.83. The van der Waals surface area contributed by atoms with Crippen molar-refractivity contribution < 1.29 is 18.0 Å². The summed E-state index contributed by atoms with van der Waals surface area (Å²) in [6.45, 7) is 2.08. The molecule has 172 valence electrons. The largest absolute Gasteiger partial charge is 0.399 e. The fraction of sp³-hybridized carbons (Fsp3) is 0.381. The average molecular weight is 456 g/mol. The zero-order valence-corrected chi connectivity index (χ0v) is 17.7. The predicted molar refractivity (Wildman–Crippen MR) is 113 cm³/mol. The first kappa shape index (κ1) is 21.0. The molecular formula is C21H22F2N8O2. The van der Waals surface area contributed by atoms with Crippen molar-refractivity contribution >= 4 is 17.4 Å². The zero-order chi connectivity index (χ0) is 22.8. The predicted octanol–water partition coefficient (Wildman–Crippen LogP) is 2.40. The lowest BCUT2D eigenvalue weighted by Gasteiger charge is -2.26. The van der Waals surface area contributed by atoms with E-state index in [-0.39, 0.29) is 17.6 Å². The molecule has 0 aliphatic carbocycles. The third-order valence-corrected chi connectivity index (χ3v) is 5.74. The molecule has 1 N–H and O–H groups in total. The summed E-state index contributed by atoms with van der Waals surface area (Å²) in [7, 11) is 0. The van der Waals surface area contributed by atoms with Gasteiger partial charge in [0.1, 0.15) is 17.5 Å². The second-order valence-corrected chi connectivity index (χ2v) is 7.87. The molecule has 0 atom stereocenters. The molecule has 6 heterocycles. The van der Waals surface area contributed by atoms with E-state index in [1.165, 1.54) is 10.6 Å². The Balaban J connectivity index is 0.000000190. The second-order valence-electron chi connectivity index (χ2n) is 7.87. The quantitative estimate of drug-likeness (QED) is 0.493. The fourth-order valence-corrected chi connectivity index (χ4v) is 3.91. The molecule has 2 aliphatic rings. The number of imidazole rings is 1. The molecule has 33 heavy (non-hydrogen) atoms. The minimum atomic E-state index is -0.771. The molecule has 1 amide bonds. The van der Waals surface area contributed by atoms with Crippen LogP contribution in [-0.4, -0.2) is 66.4 Å². The number of alkyl halides is 1. The number of aromatic amines is 1. The van der Waals surface area contributed by atoms with Gasteiger partial charge in [0, 0.05) is 32.3 Å². The lowest BCUT2D eigenvalue weighted by molar-refractivity contribution is 0.0691. The first-order chi connectivity index (χ1) is 16.1. The number of hydrogen-bond donors (Lipinski definition) is 1. The molecule has 6 rings (SSSR count). The number of amides is 1. The second kappa shape index (κ2) is 8.96. The van der Waals surface area contributed by atoms with Gasteiger partial charge in [0.05, 0.1) is 30.5 Å². The monoisotopic (exact) mass is 456 g/mol. The molecule has 0 bridgehead atoms. The highest BCUT2D eigenvalue weighted by Gasteiger charge is 2.29. The summed E-state index contributed by atoms with van der Waals surface area (Å²) in [5, 5.41) is 11.7. The van der Waals surface area contributed by atoms with Gasteiger partial charge in [-0.3, -0.25) is 4.79 Å². The smallest absolute Gasteiger partial charge is 0.318 e. The summed E-state index contributed by atoms with van der Waals surface area (Å²) >= 11 is 0. The van der Waals surface area contributed by atoms with Crippen LogP contribution in [0.5, 0.6) is 0 Å². The van der Waals surface area contributed by atoms with E-state index < -0.39 is 6.17 Å². The lowest BCUT2D eigenvalue weighted by atomic mass is 10.1. The van der Waals surface area contributed by atoms with E-state index in [2.05, 4.69) is 25.3 Å². The Morgan fingerprint density at radius 1 is 1.18 bits per heavy atom. The van der Waals surface area contributed by atoms with Crippen LogP contribution < -0.4 is 4.90 Å². The van der Waals surface area contributed by atoms with Crippen LogP contribution in [0.4, 0.5) is 14.8 Å². The number of carbonyl (C=O) groups is 1. The number of nitrogens with one attached hydrogen (secondary N) is 1. The molecular weight excluding hydrogens is 434 g/mol. The summed E-state index contributed by atoms with van der Waals surface area (Å²) in [4.78, 5) is 23.2. The van der Waals surface area contributed by atoms with Crippen LogP contribution in [-0.2, 0) is 13.0 Å². The van der Waals surface area contributed by atoms with Crippen molar-refractivity contribution in [2.45, 2.75) is 32.0 Å². The highest BCUT2D eigenvalue weighted by molar-refractivity contribution is 5.89. The van der Waals surface area contributed by atoms with Gasteiger partial charge in [-0.25, -0.2) is 18.3 Å². The van der Waals surface area contributed by atoms with Gasteiger partial charge in [0.25, 0.3) is 0 Å². The molecule has 0 radical (unpaired) electrons. The van der Waals surface area contributed by atoms with Crippen LogP contribution in [0.15, 0.2) is 41.3 Å². The number of pyridine rings is 1.